The lowest BCUT2D eigenvalue weighted by atomic mass is 10.2. The van der Waals surface area contributed by atoms with Gasteiger partial charge in [-0.25, -0.2) is 9.59 Å². The zero-order valence-corrected chi connectivity index (χ0v) is 12.1. The minimum Gasteiger partial charge on any atom is -0.466 e. The SMILES string of the molecule is C=C(C)C(=O)OC.CCC=C(C)C(=O)ON(C)C. The van der Waals surface area contributed by atoms with Crippen LogP contribution in [-0.2, 0) is 19.2 Å². The van der Waals surface area contributed by atoms with E-state index in [-0.39, 0.29) is 11.9 Å². The number of nitrogens with zero attached hydrogens (tertiary/aromatic N) is 1. The molecule has 0 aliphatic rings. The van der Waals surface area contributed by atoms with Crippen LogP contribution in [0.1, 0.15) is 27.2 Å². The molecule has 5 nitrogen and oxygen atoms in total. The highest BCUT2D eigenvalue weighted by Crippen LogP contribution is 1.98. The molecule has 0 saturated carbocycles. The number of rotatable bonds is 4. The minimum absolute atomic E-state index is 0.281. The summed E-state index contributed by atoms with van der Waals surface area (Å²) in [7, 11) is 4.69. The lowest BCUT2D eigenvalue weighted by Gasteiger charge is -2.09. The second-order valence-electron chi connectivity index (χ2n) is 3.76. The van der Waals surface area contributed by atoms with Crippen molar-refractivity contribution in [2.45, 2.75) is 27.2 Å². The Morgan fingerprint density at radius 2 is 1.72 bits per heavy atom. The summed E-state index contributed by atoms with van der Waals surface area (Å²) in [5, 5.41) is 1.38. The Labute approximate surface area is 109 Å². The van der Waals surface area contributed by atoms with Gasteiger partial charge in [0.1, 0.15) is 0 Å². The fraction of sp³-hybridized carbons (Fsp3) is 0.538. The van der Waals surface area contributed by atoms with Crippen molar-refractivity contribution in [2.24, 2.45) is 0 Å². The highest BCUT2D eigenvalue weighted by atomic mass is 16.7. The van der Waals surface area contributed by atoms with E-state index in [1.54, 1.807) is 27.9 Å². The molecule has 0 radical (unpaired) electrons. The zero-order chi connectivity index (χ0) is 14.7. The van der Waals surface area contributed by atoms with Gasteiger partial charge in [-0.15, -0.1) is 5.06 Å². The third-order valence-electron chi connectivity index (χ3n) is 1.63. The van der Waals surface area contributed by atoms with Crippen LogP contribution in [0.5, 0.6) is 0 Å². The smallest absolute Gasteiger partial charge is 0.352 e. The quantitative estimate of drug-likeness (QED) is 0.438. The summed E-state index contributed by atoms with van der Waals surface area (Å²) in [4.78, 5) is 26.0. The molecule has 0 rings (SSSR count). The number of methoxy groups -OCH3 is 1. The molecular formula is C13H23NO4. The van der Waals surface area contributed by atoms with Crippen LogP contribution in [0.15, 0.2) is 23.8 Å². The molecule has 0 unspecified atom stereocenters. The molecule has 0 atom stereocenters. The van der Waals surface area contributed by atoms with Crippen molar-refractivity contribution in [2.75, 3.05) is 21.2 Å². The van der Waals surface area contributed by atoms with E-state index >= 15 is 0 Å². The molecule has 18 heavy (non-hydrogen) atoms. The van der Waals surface area contributed by atoms with Crippen molar-refractivity contribution in [1.82, 2.24) is 5.06 Å². The van der Waals surface area contributed by atoms with Gasteiger partial charge in [-0.2, -0.15) is 0 Å². The first-order valence-electron chi connectivity index (χ1n) is 5.56. The van der Waals surface area contributed by atoms with Crippen molar-refractivity contribution in [3.8, 4) is 0 Å². The Morgan fingerprint density at radius 1 is 1.22 bits per heavy atom. The molecule has 0 heterocycles. The molecule has 104 valence electrons. The van der Waals surface area contributed by atoms with Gasteiger partial charge < -0.3 is 9.57 Å². The number of carbonyl (C=O) groups is 2. The third-order valence-corrected chi connectivity index (χ3v) is 1.63. The second kappa shape index (κ2) is 10.5. The van der Waals surface area contributed by atoms with E-state index in [0.717, 1.165) is 6.42 Å². The highest BCUT2D eigenvalue weighted by molar-refractivity contribution is 5.87. The fourth-order valence-electron chi connectivity index (χ4n) is 0.802. The average Bonchev–Trinajstić information content (AvgIpc) is 2.28. The summed E-state index contributed by atoms with van der Waals surface area (Å²) in [5.74, 6) is -0.628. The predicted molar refractivity (Wildman–Crippen MR) is 70.7 cm³/mol. The molecule has 0 saturated heterocycles. The first-order chi connectivity index (χ1) is 8.26. The Kier molecular flexibility index (Phi) is 11.0. The van der Waals surface area contributed by atoms with Crippen LogP contribution in [-0.4, -0.2) is 38.2 Å². The first kappa shape index (κ1) is 18.7. The Bertz CT molecular complexity index is 319. The largest absolute Gasteiger partial charge is 0.466 e. The number of hydrogen-bond donors (Lipinski definition) is 0. The molecule has 0 aliphatic carbocycles. The van der Waals surface area contributed by atoms with Gasteiger partial charge in [0.05, 0.1) is 7.11 Å². The Morgan fingerprint density at radius 3 is 1.94 bits per heavy atom. The summed E-state index contributed by atoms with van der Waals surface area (Å²) in [5.41, 5.74) is 1.09. The fourth-order valence-corrected chi connectivity index (χ4v) is 0.802. The lowest BCUT2D eigenvalue weighted by Crippen LogP contribution is -2.18. The number of ether oxygens (including phenoxy) is 1. The van der Waals surface area contributed by atoms with E-state index in [0.29, 0.717) is 11.1 Å². The number of hydrogen-bond acceptors (Lipinski definition) is 5. The van der Waals surface area contributed by atoms with Crippen LogP contribution in [0.3, 0.4) is 0 Å². The molecule has 0 aromatic carbocycles. The van der Waals surface area contributed by atoms with Crippen LogP contribution in [0.2, 0.25) is 0 Å². The summed E-state index contributed by atoms with van der Waals surface area (Å²) >= 11 is 0. The summed E-state index contributed by atoms with van der Waals surface area (Å²) in [6, 6.07) is 0. The minimum atomic E-state index is -0.347. The maximum atomic E-state index is 11.0. The van der Waals surface area contributed by atoms with Crippen LogP contribution in [0, 0.1) is 0 Å². The topological polar surface area (TPSA) is 55.8 Å². The van der Waals surface area contributed by atoms with Crippen molar-refractivity contribution >= 4 is 11.9 Å². The van der Waals surface area contributed by atoms with Gasteiger partial charge in [0.25, 0.3) is 0 Å². The van der Waals surface area contributed by atoms with Gasteiger partial charge in [0.15, 0.2) is 0 Å². The van der Waals surface area contributed by atoms with Crippen molar-refractivity contribution in [3.63, 3.8) is 0 Å². The first-order valence-corrected chi connectivity index (χ1v) is 5.56. The van der Waals surface area contributed by atoms with Crippen LogP contribution < -0.4 is 0 Å². The number of allylic oxidation sites excluding steroid dienone is 1. The normalized spacial score (nSPS) is 10.3. The molecular weight excluding hydrogens is 234 g/mol. The molecule has 0 amide bonds. The molecule has 0 aromatic rings. The molecule has 0 spiro atoms. The Balaban J connectivity index is 0. The van der Waals surface area contributed by atoms with Gasteiger partial charge in [0, 0.05) is 25.2 Å². The maximum Gasteiger partial charge on any atom is 0.352 e. The second-order valence-corrected chi connectivity index (χ2v) is 3.76. The third kappa shape index (κ3) is 10.9. The van der Waals surface area contributed by atoms with Gasteiger partial charge in [-0.1, -0.05) is 19.6 Å². The summed E-state index contributed by atoms with van der Waals surface area (Å²) in [6.07, 6.45) is 2.69. The number of carbonyl (C=O) groups excluding carboxylic acids is 2. The monoisotopic (exact) mass is 257 g/mol. The summed E-state index contributed by atoms with van der Waals surface area (Å²) < 4.78 is 4.27. The van der Waals surface area contributed by atoms with Crippen molar-refractivity contribution in [3.05, 3.63) is 23.8 Å². The standard InChI is InChI=1S/C8H15NO2.C5H8O2/c1-5-6-7(2)8(10)11-9(3)4;1-4(2)5(6)7-3/h6H,5H2,1-4H3;1H2,2-3H3. The van der Waals surface area contributed by atoms with Gasteiger partial charge in [-0.3, -0.25) is 0 Å². The highest BCUT2D eigenvalue weighted by Gasteiger charge is 2.05. The van der Waals surface area contributed by atoms with Gasteiger partial charge in [-0.05, 0) is 20.3 Å². The van der Waals surface area contributed by atoms with E-state index in [4.69, 9.17) is 4.84 Å². The van der Waals surface area contributed by atoms with Crippen LogP contribution in [0.4, 0.5) is 0 Å². The molecule has 5 heteroatoms. The molecule has 0 fully saturated rings. The lowest BCUT2D eigenvalue weighted by molar-refractivity contribution is -0.172. The van der Waals surface area contributed by atoms with E-state index in [2.05, 4.69) is 11.3 Å². The Hall–Kier alpha value is -1.62. The maximum absolute atomic E-state index is 11.0. The van der Waals surface area contributed by atoms with Crippen molar-refractivity contribution in [1.29, 1.82) is 0 Å². The van der Waals surface area contributed by atoms with Gasteiger partial charge >= 0.3 is 11.9 Å². The van der Waals surface area contributed by atoms with Crippen LogP contribution >= 0.6 is 0 Å². The molecule has 0 aromatic heterocycles. The summed E-state index contributed by atoms with van der Waals surface area (Å²) in [6.45, 7) is 8.68. The van der Waals surface area contributed by atoms with Crippen molar-refractivity contribution < 1.29 is 19.2 Å². The molecule has 0 bridgehead atoms. The zero-order valence-electron chi connectivity index (χ0n) is 12.1. The molecule has 0 aliphatic heterocycles. The van der Waals surface area contributed by atoms with E-state index in [1.165, 1.54) is 12.2 Å². The number of hydroxylamine groups is 2. The number of esters is 1. The predicted octanol–water partition coefficient (Wildman–Crippen LogP) is 2.10. The van der Waals surface area contributed by atoms with Crippen LogP contribution in [0.25, 0.3) is 0 Å². The average molecular weight is 257 g/mol. The van der Waals surface area contributed by atoms with E-state index in [1.807, 2.05) is 13.0 Å². The van der Waals surface area contributed by atoms with E-state index < -0.39 is 0 Å². The van der Waals surface area contributed by atoms with E-state index in [9.17, 15) is 9.59 Å². The molecule has 0 N–H and O–H groups in total. The van der Waals surface area contributed by atoms with Gasteiger partial charge in [0.2, 0.25) is 0 Å².